The molecule has 1 heterocycles. The number of non-ortho nitro benzene ring substituents is 1. The van der Waals surface area contributed by atoms with Crippen LogP contribution < -0.4 is 0 Å². The molecular formula is C13H15FN2O3S. The van der Waals surface area contributed by atoms with E-state index in [1.807, 2.05) is 6.92 Å². The fourth-order valence-electron chi connectivity index (χ4n) is 2.18. The van der Waals surface area contributed by atoms with E-state index in [1.165, 1.54) is 6.92 Å². The van der Waals surface area contributed by atoms with Gasteiger partial charge in [-0.2, -0.15) is 11.8 Å². The van der Waals surface area contributed by atoms with Crippen LogP contribution in [-0.2, 0) is 0 Å². The highest BCUT2D eigenvalue weighted by molar-refractivity contribution is 7.99. The molecule has 20 heavy (non-hydrogen) atoms. The van der Waals surface area contributed by atoms with Crippen molar-refractivity contribution in [2.45, 2.75) is 19.1 Å². The maximum Gasteiger partial charge on any atom is 0.270 e. The number of nitro benzene ring substituents is 1. The molecule has 0 saturated carbocycles. The van der Waals surface area contributed by atoms with Crippen LogP contribution in [0.25, 0.3) is 0 Å². The van der Waals surface area contributed by atoms with Crippen molar-refractivity contribution in [3.8, 4) is 0 Å². The zero-order valence-electron chi connectivity index (χ0n) is 11.3. The zero-order valence-corrected chi connectivity index (χ0v) is 12.1. The molecule has 1 aliphatic rings. The molecule has 0 spiro atoms. The smallest absolute Gasteiger partial charge is 0.270 e. The second kappa shape index (κ2) is 5.78. The Hall–Kier alpha value is -1.63. The van der Waals surface area contributed by atoms with Crippen LogP contribution >= 0.6 is 11.8 Å². The lowest BCUT2D eigenvalue weighted by atomic mass is 10.1. The van der Waals surface area contributed by atoms with E-state index in [1.54, 1.807) is 16.7 Å². The third kappa shape index (κ3) is 2.92. The van der Waals surface area contributed by atoms with E-state index in [4.69, 9.17) is 0 Å². The molecular weight excluding hydrogens is 283 g/mol. The summed E-state index contributed by atoms with van der Waals surface area (Å²) in [6.07, 6.45) is 0. The number of carbonyl (C=O) groups excluding carboxylic acids is 1. The lowest BCUT2D eigenvalue weighted by Gasteiger charge is -2.30. The molecule has 0 aliphatic carbocycles. The first-order valence-electron chi connectivity index (χ1n) is 6.25. The van der Waals surface area contributed by atoms with Gasteiger partial charge in [-0.15, -0.1) is 0 Å². The molecule has 1 unspecified atom stereocenters. The second-order valence-electron chi connectivity index (χ2n) is 4.81. The summed E-state index contributed by atoms with van der Waals surface area (Å²) < 4.78 is 14.1. The molecule has 1 saturated heterocycles. The average molecular weight is 298 g/mol. The van der Waals surface area contributed by atoms with E-state index in [0.29, 0.717) is 13.1 Å². The Morgan fingerprint density at radius 2 is 2.25 bits per heavy atom. The highest BCUT2D eigenvalue weighted by atomic mass is 32.2. The maximum absolute atomic E-state index is 14.1. The standard InChI is InChI=1S/C13H15FN2O3S/c1-8-5-10(16(18)19)6-11(12(8)14)13(17)15-3-4-20-9(2)7-15/h5-6,9H,3-4,7H2,1-2H3. The summed E-state index contributed by atoms with van der Waals surface area (Å²) in [7, 11) is 0. The molecule has 2 rings (SSSR count). The number of benzene rings is 1. The highest BCUT2D eigenvalue weighted by Gasteiger charge is 2.27. The van der Waals surface area contributed by atoms with Gasteiger partial charge in [0, 0.05) is 36.2 Å². The van der Waals surface area contributed by atoms with Crippen LogP contribution in [0.5, 0.6) is 0 Å². The number of nitro groups is 1. The van der Waals surface area contributed by atoms with Crippen LogP contribution in [-0.4, -0.2) is 39.8 Å². The summed E-state index contributed by atoms with van der Waals surface area (Å²) in [4.78, 5) is 24.1. The van der Waals surface area contributed by atoms with Crippen molar-refractivity contribution in [2.75, 3.05) is 18.8 Å². The van der Waals surface area contributed by atoms with Crippen LogP contribution in [0, 0.1) is 22.9 Å². The summed E-state index contributed by atoms with van der Waals surface area (Å²) >= 11 is 1.75. The van der Waals surface area contributed by atoms with Gasteiger partial charge in [0.1, 0.15) is 5.82 Å². The van der Waals surface area contributed by atoms with Crippen molar-refractivity contribution in [1.29, 1.82) is 0 Å². The molecule has 5 nitrogen and oxygen atoms in total. The molecule has 1 aliphatic heterocycles. The summed E-state index contributed by atoms with van der Waals surface area (Å²) in [5.74, 6) is -0.351. The molecule has 1 amide bonds. The Kier molecular flexibility index (Phi) is 4.27. The molecule has 0 aromatic heterocycles. The van der Waals surface area contributed by atoms with Gasteiger partial charge in [0.15, 0.2) is 0 Å². The monoisotopic (exact) mass is 298 g/mol. The van der Waals surface area contributed by atoms with Crippen LogP contribution in [0.1, 0.15) is 22.8 Å². The van der Waals surface area contributed by atoms with E-state index < -0.39 is 16.6 Å². The third-order valence-corrected chi connectivity index (χ3v) is 4.35. The Balaban J connectivity index is 2.35. The van der Waals surface area contributed by atoms with Gasteiger partial charge >= 0.3 is 0 Å². The van der Waals surface area contributed by atoms with E-state index >= 15 is 0 Å². The predicted molar refractivity (Wildman–Crippen MR) is 75.6 cm³/mol. The number of aryl methyl sites for hydroxylation is 1. The lowest BCUT2D eigenvalue weighted by Crippen LogP contribution is -2.41. The molecule has 7 heteroatoms. The van der Waals surface area contributed by atoms with E-state index in [0.717, 1.165) is 17.9 Å². The topological polar surface area (TPSA) is 63.5 Å². The van der Waals surface area contributed by atoms with Gasteiger partial charge in [-0.25, -0.2) is 4.39 Å². The van der Waals surface area contributed by atoms with Crippen molar-refractivity contribution in [3.05, 3.63) is 39.2 Å². The van der Waals surface area contributed by atoms with Gasteiger partial charge in [-0.05, 0) is 12.5 Å². The first kappa shape index (κ1) is 14.8. The average Bonchev–Trinajstić information content (AvgIpc) is 2.40. The summed E-state index contributed by atoms with van der Waals surface area (Å²) in [5, 5.41) is 11.1. The molecule has 0 radical (unpaired) electrons. The predicted octanol–water partition coefficient (Wildman–Crippen LogP) is 2.62. The first-order chi connectivity index (χ1) is 9.40. The van der Waals surface area contributed by atoms with Gasteiger partial charge < -0.3 is 4.90 Å². The summed E-state index contributed by atoms with van der Waals surface area (Å²) in [6.45, 7) is 4.49. The number of rotatable bonds is 2. The Morgan fingerprint density at radius 1 is 1.55 bits per heavy atom. The second-order valence-corrected chi connectivity index (χ2v) is 6.36. The maximum atomic E-state index is 14.1. The van der Waals surface area contributed by atoms with Crippen molar-refractivity contribution in [2.24, 2.45) is 0 Å². The summed E-state index contributed by atoms with van der Waals surface area (Å²) in [5.41, 5.74) is -0.357. The quantitative estimate of drug-likeness (QED) is 0.622. The normalized spacial score (nSPS) is 18.9. The van der Waals surface area contributed by atoms with Crippen LogP contribution in [0.4, 0.5) is 10.1 Å². The number of halogens is 1. The largest absolute Gasteiger partial charge is 0.337 e. The minimum Gasteiger partial charge on any atom is -0.337 e. The van der Waals surface area contributed by atoms with Gasteiger partial charge in [0.25, 0.3) is 11.6 Å². The van der Waals surface area contributed by atoms with Gasteiger partial charge in [-0.3, -0.25) is 14.9 Å². The third-order valence-electron chi connectivity index (χ3n) is 3.21. The first-order valence-corrected chi connectivity index (χ1v) is 7.30. The fraction of sp³-hybridized carbons (Fsp3) is 0.462. The van der Waals surface area contributed by atoms with Crippen molar-refractivity contribution in [3.63, 3.8) is 0 Å². The number of amides is 1. The lowest BCUT2D eigenvalue weighted by molar-refractivity contribution is -0.385. The highest BCUT2D eigenvalue weighted by Crippen LogP contribution is 2.25. The van der Waals surface area contributed by atoms with Crippen molar-refractivity contribution >= 4 is 23.4 Å². The minimum atomic E-state index is -0.675. The Bertz CT molecular complexity index is 565. The van der Waals surface area contributed by atoms with E-state index in [-0.39, 0.29) is 22.1 Å². The van der Waals surface area contributed by atoms with Crippen molar-refractivity contribution < 1.29 is 14.1 Å². The molecule has 1 aromatic rings. The van der Waals surface area contributed by atoms with E-state index in [2.05, 4.69) is 0 Å². The van der Waals surface area contributed by atoms with Crippen LogP contribution in [0.15, 0.2) is 12.1 Å². The molecule has 1 aromatic carbocycles. The molecule has 0 N–H and O–H groups in total. The summed E-state index contributed by atoms with van der Waals surface area (Å²) in [6, 6.07) is 2.16. The molecule has 108 valence electrons. The van der Waals surface area contributed by atoms with Crippen LogP contribution in [0.2, 0.25) is 0 Å². The molecule has 1 fully saturated rings. The van der Waals surface area contributed by atoms with Gasteiger partial charge in [0.05, 0.1) is 10.5 Å². The van der Waals surface area contributed by atoms with Gasteiger partial charge in [0.2, 0.25) is 0 Å². The fourth-order valence-corrected chi connectivity index (χ4v) is 3.20. The number of hydrogen-bond acceptors (Lipinski definition) is 4. The van der Waals surface area contributed by atoms with Crippen molar-refractivity contribution in [1.82, 2.24) is 4.90 Å². The molecule has 0 bridgehead atoms. The van der Waals surface area contributed by atoms with Crippen LogP contribution in [0.3, 0.4) is 0 Å². The number of carbonyl (C=O) groups is 1. The minimum absolute atomic E-state index is 0.113. The molecule has 1 atom stereocenters. The zero-order chi connectivity index (χ0) is 14.9. The SMILES string of the molecule is Cc1cc([N+](=O)[O-])cc(C(=O)N2CCSC(C)C2)c1F. The van der Waals surface area contributed by atoms with E-state index in [9.17, 15) is 19.3 Å². The Labute approximate surface area is 120 Å². The Morgan fingerprint density at radius 3 is 2.85 bits per heavy atom. The number of nitrogens with zero attached hydrogens (tertiary/aromatic N) is 2. The van der Waals surface area contributed by atoms with Gasteiger partial charge in [-0.1, -0.05) is 6.92 Å². The number of hydrogen-bond donors (Lipinski definition) is 0. The number of thioether (sulfide) groups is 1.